The number of amides is 2. The zero-order chi connectivity index (χ0) is 27.5. The van der Waals surface area contributed by atoms with Gasteiger partial charge in [0.1, 0.15) is 6.04 Å². The largest absolute Gasteiger partial charge is 0.481 e. The number of alkyl halides is 3. The molecule has 2 aromatic rings. The average Bonchev–Trinajstić information content (AvgIpc) is 3.25. The summed E-state index contributed by atoms with van der Waals surface area (Å²) >= 11 is 1.45. The normalized spacial score (nSPS) is 18.1. The summed E-state index contributed by atoms with van der Waals surface area (Å²) in [7, 11) is 0. The Hall–Kier alpha value is -2.88. The molecular weight excluding hydrogens is 505 g/mol. The smallest absolute Gasteiger partial charge is 0.392 e. The predicted octanol–water partition coefficient (Wildman–Crippen LogP) is 5.88. The number of aryl methyl sites for hydroxylation is 2. The predicted molar refractivity (Wildman–Crippen MR) is 136 cm³/mol. The summed E-state index contributed by atoms with van der Waals surface area (Å²) in [6, 6.07) is 5.99. The molecule has 202 valence electrons. The van der Waals surface area contributed by atoms with Crippen LogP contribution in [0.15, 0.2) is 29.6 Å². The molecule has 1 aromatic heterocycles. The first-order chi connectivity index (χ1) is 17.3. The molecule has 10 heteroatoms. The van der Waals surface area contributed by atoms with Crippen LogP contribution in [0.4, 0.5) is 13.2 Å². The van der Waals surface area contributed by atoms with Crippen LogP contribution in [-0.4, -0.2) is 46.6 Å². The number of likely N-dealkylation sites (tertiary alicyclic amines) is 1. The minimum atomic E-state index is -4.46. The molecule has 0 radical (unpaired) electrons. The van der Waals surface area contributed by atoms with E-state index >= 15 is 0 Å². The molecule has 0 aliphatic carbocycles. The number of hydrogen-bond acceptors (Lipinski definition) is 4. The van der Waals surface area contributed by atoms with Crippen LogP contribution in [0.3, 0.4) is 0 Å². The molecule has 2 heterocycles. The summed E-state index contributed by atoms with van der Waals surface area (Å²) in [5.74, 6) is -4.10. The fourth-order valence-electron chi connectivity index (χ4n) is 4.84. The van der Waals surface area contributed by atoms with E-state index < -0.39 is 48.4 Å². The summed E-state index contributed by atoms with van der Waals surface area (Å²) in [4.78, 5) is 40.0. The van der Waals surface area contributed by atoms with E-state index in [1.807, 2.05) is 57.3 Å². The van der Waals surface area contributed by atoms with Gasteiger partial charge in [-0.25, -0.2) is 0 Å². The first-order valence-electron chi connectivity index (χ1n) is 12.3. The highest BCUT2D eigenvalue weighted by Gasteiger charge is 2.46. The van der Waals surface area contributed by atoms with Gasteiger partial charge in [-0.05, 0) is 66.3 Å². The van der Waals surface area contributed by atoms with Gasteiger partial charge in [-0.3, -0.25) is 14.4 Å². The van der Waals surface area contributed by atoms with Crippen LogP contribution in [0, 0.1) is 25.7 Å². The number of carboxylic acids is 1. The maximum absolute atomic E-state index is 13.4. The lowest BCUT2D eigenvalue weighted by Gasteiger charge is -2.38. The number of rotatable bonds is 9. The highest BCUT2D eigenvalue weighted by Crippen LogP contribution is 2.37. The first-order valence-corrected chi connectivity index (χ1v) is 13.2. The van der Waals surface area contributed by atoms with Gasteiger partial charge in [-0.15, -0.1) is 11.3 Å². The Morgan fingerprint density at radius 3 is 2.41 bits per heavy atom. The number of nitrogens with one attached hydrogen (secondary N) is 1. The Kier molecular flexibility index (Phi) is 9.05. The van der Waals surface area contributed by atoms with E-state index in [9.17, 15) is 32.7 Å². The van der Waals surface area contributed by atoms with Crippen molar-refractivity contribution in [3.8, 4) is 10.4 Å². The highest BCUT2D eigenvalue weighted by atomic mass is 32.1. The molecule has 1 aliphatic heterocycles. The third kappa shape index (κ3) is 7.12. The molecule has 0 unspecified atom stereocenters. The molecule has 0 bridgehead atoms. The number of thiophene rings is 1. The lowest BCUT2D eigenvalue weighted by Crippen LogP contribution is -2.54. The van der Waals surface area contributed by atoms with Gasteiger partial charge < -0.3 is 15.3 Å². The summed E-state index contributed by atoms with van der Waals surface area (Å²) in [5, 5.41) is 14.1. The van der Waals surface area contributed by atoms with Crippen molar-refractivity contribution in [1.82, 2.24) is 10.2 Å². The third-order valence-corrected chi connectivity index (χ3v) is 7.71. The van der Waals surface area contributed by atoms with Gasteiger partial charge in [0.25, 0.3) is 0 Å². The van der Waals surface area contributed by atoms with Crippen LogP contribution in [0.25, 0.3) is 10.4 Å². The number of nitrogens with zero attached hydrogens (tertiary/aromatic N) is 1. The van der Waals surface area contributed by atoms with Gasteiger partial charge >= 0.3 is 12.1 Å². The number of aliphatic carboxylic acids is 1. The molecule has 1 aromatic carbocycles. The molecule has 3 atom stereocenters. The molecule has 1 fully saturated rings. The Bertz CT molecular complexity index is 1120. The average molecular weight is 539 g/mol. The summed E-state index contributed by atoms with van der Waals surface area (Å²) in [6.07, 6.45) is -5.53. The fraction of sp³-hybridized carbons (Fsp3) is 0.519. The number of halogens is 3. The third-order valence-electron chi connectivity index (χ3n) is 6.74. The van der Waals surface area contributed by atoms with Crippen LogP contribution in [0.2, 0.25) is 0 Å². The number of carbonyl (C=O) groups excluding carboxylic acids is 2. The van der Waals surface area contributed by atoms with E-state index in [2.05, 4.69) is 5.32 Å². The first kappa shape index (κ1) is 28.7. The minimum absolute atomic E-state index is 0.0152. The quantitative estimate of drug-likeness (QED) is 0.418. The molecule has 2 N–H and O–H groups in total. The zero-order valence-corrected chi connectivity index (χ0v) is 22.2. The number of hydrogen-bond donors (Lipinski definition) is 2. The maximum atomic E-state index is 13.4. The van der Waals surface area contributed by atoms with Crippen molar-refractivity contribution in [3.05, 3.63) is 46.3 Å². The summed E-state index contributed by atoms with van der Waals surface area (Å²) in [6.45, 7) is 7.53. The van der Waals surface area contributed by atoms with Gasteiger partial charge in [-0.2, -0.15) is 13.2 Å². The fourth-order valence-corrected chi connectivity index (χ4v) is 5.98. The molecule has 2 amide bonds. The van der Waals surface area contributed by atoms with Crippen molar-refractivity contribution in [1.29, 1.82) is 0 Å². The molecule has 6 nitrogen and oxygen atoms in total. The van der Waals surface area contributed by atoms with Crippen LogP contribution in [0.1, 0.15) is 62.3 Å². The maximum Gasteiger partial charge on any atom is 0.392 e. The van der Waals surface area contributed by atoms with Gasteiger partial charge in [0, 0.05) is 17.8 Å². The number of carboxylic acid groups (broad SMARTS) is 1. The number of carbonyl (C=O) groups is 3. The van der Waals surface area contributed by atoms with Crippen molar-refractivity contribution in [2.45, 2.75) is 71.6 Å². The van der Waals surface area contributed by atoms with Crippen LogP contribution >= 0.6 is 11.3 Å². The van der Waals surface area contributed by atoms with Gasteiger partial charge in [0.05, 0.1) is 18.4 Å². The molecule has 1 aliphatic rings. The monoisotopic (exact) mass is 538 g/mol. The van der Waals surface area contributed by atoms with Crippen molar-refractivity contribution in [2.24, 2.45) is 11.8 Å². The molecule has 37 heavy (non-hydrogen) atoms. The second-order valence-corrected chi connectivity index (χ2v) is 11.0. The Morgan fingerprint density at radius 2 is 1.86 bits per heavy atom. The SMILES string of the molecule is Cc1cccc(C)c1-c1cc([C@H](CC(=O)O)NC(=O)[C@H](CC(C)C)N2CC[C@H](C(F)(F)F)CC2=O)cs1. The van der Waals surface area contributed by atoms with E-state index in [-0.39, 0.29) is 31.7 Å². The Labute approximate surface area is 218 Å². The zero-order valence-electron chi connectivity index (χ0n) is 21.4. The van der Waals surface area contributed by atoms with Crippen molar-refractivity contribution in [3.63, 3.8) is 0 Å². The van der Waals surface area contributed by atoms with Crippen molar-refractivity contribution in [2.75, 3.05) is 6.54 Å². The van der Waals surface area contributed by atoms with Gasteiger partial charge in [0.15, 0.2) is 0 Å². The molecular formula is C27H33F3N2O4S. The number of piperidine rings is 1. The second kappa shape index (κ2) is 11.7. The lowest BCUT2D eigenvalue weighted by molar-refractivity contribution is -0.191. The molecule has 3 rings (SSSR count). The van der Waals surface area contributed by atoms with Crippen LogP contribution in [-0.2, 0) is 14.4 Å². The van der Waals surface area contributed by atoms with E-state index in [1.165, 1.54) is 16.2 Å². The lowest BCUT2D eigenvalue weighted by atomic mass is 9.92. The van der Waals surface area contributed by atoms with Crippen LogP contribution < -0.4 is 5.32 Å². The van der Waals surface area contributed by atoms with Crippen LogP contribution in [0.5, 0.6) is 0 Å². The second-order valence-electron chi connectivity index (χ2n) is 10.1. The van der Waals surface area contributed by atoms with E-state index in [1.54, 1.807) is 0 Å². The Balaban J connectivity index is 1.85. The topological polar surface area (TPSA) is 86.7 Å². The summed E-state index contributed by atoms with van der Waals surface area (Å²) < 4.78 is 39.5. The highest BCUT2D eigenvalue weighted by molar-refractivity contribution is 7.13. The van der Waals surface area contributed by atoms with Gasteiger partial charge in [-0.1, -0.05) is 32.0 Å². The van der Waals surface area contributed by atoms with E-state index in [4.69, 9.17) is 0 Å². The van der Waals surface area contributed by atoms with E-state index in [0.717, 1.165) is 21.6 Å². The Morgan fingerprint density at radius 1 is 1.22 bits per heavy atom. The standard InChI is InChI=1S/C27H33F3N2O4S/c1-15(2)10-21(32-9-8-19(12-23(32)33)27(28,29)30)26(36)31-20(13-24(34)35)18-11-22(37-14-18)25-16(3)6-5-7-17(25)4/h5-7,11,14-15,19-21H,8-10,12-13H2,1-4H3,(H,31,36)(H,34,35)/t19-,20-,21-/m0/s1. The van der Waals surface area contributed by atoms with E-state index in [0.29, 0.717) is 5.56 Å². The van der Waals surface area contributed by atoms with Crippen molar-refractivity contribution >= 4 is 29.1 Å². The molecule has 1 saturated heterocycles. The van der Waals surface area contributed by atoms with Gasteiger partial charge in [0.2, 0.25) is 11.8 Å². The number of benzene rings is 1. The minimum Gasteiger partial charge on any atom is -0.481 e. The molecule has 0 saturated carbocycles. The summed E-state index contributed by atoms with van der Waals surface area (Å²) in [5.41, 5.74) is 3.83. The van der Waals surface area contributed by atoms with Crippen molar-refractivity contribution < 1.29 is 32.7 Å². The molecule has 0 spiro atoms.